The molecular weight excluding hydrogens is 230 g/mol. The van der Waals surface area contributed by atoms with Crippen molar-refractivity contribution in [3.05, 3.63) is 4.72 Å². The van der Waals surface area contributed by atoms with Gasteiger partial charge in [0.1, 0.15) is 0 Å². The molecule has 0 saturated carbocycles. The summed E-state index contributed by atoms with van der Waals surface area (Å²) in [5.41, 5.74) is -6.01. The summed E-state index contributed by atoms with van der Waals surface area (Å²) < 4.78 is 86.6. The molecule has 0 unspecified atom stereocenters. The van der Waals surface area contributed by atoms with Crippen LogP contribution in [-0.4, -0.2) is 39.1 Å². The molecule has 0 saturated heterocycles. The first kappa shape index (κ1) is 20.1. The zero-order valence-electron chi connectivity index (χ0n) is 5.94. The summed E-state index contributed by atoms with van der Waals surface area (Å²) in [7, 11) is -6.46. The molecule has 0 heterocycles. The fraction of sp³-hybridized carbons (Fsp3) is 1.00. The minimum absolute atomic E-state index is 0. The van der Waals surface area contributed by atoms with Crippen molar-refractivity contribution >= 4 is 28.9 Å². The van der Waals surface area contributed by atoms with Gasteiger partial charge in [0.2, 0.25) is 0 Å². The van der Waals surface area contributed by atoms with Crippen LogP contribution in [0.1, 0.15) is 0 Å². The topological polar surface area (TPSA) is 48.2 Å². The van der Waals surface area contributed by atoms with E-state index in [1.165, 1.54) is 0 Å². The second-order valence-electron chi connectivity index (χ2n) is 1.48. The molecule has 0 amide bonds. The molecule has 0 N–H and O–H groups in total. The fourth-order valence-corrected chi connectivity index (χ4v) is 0.564. The summed E-state index contributed by atoms with van der Waals surface area (Å²) in [6, 6.07) is 0. The van der Waals surface area contributed by atoms with Gasteiger partial charge in [0, 0.05) is 0 Å². The minimum atomic E-state index is -6.46. The number of nitrogens with zero attached hydrogens (tertiary/aromatic N) is 1. The Morgan fingerprint density at radius 2 is 1.21 bits per heavy atom. The van der Waals surface area contributed by atoms with E-state index in [-0.39, 0.29) is 37.7 Å². The van der Waals surface area contributed by atoms with Crippen molar-refractivity contribution in [3.63, 3.8) is 0 Å². The molecule has 0 aliphatic heterocycles. The van der Waals surface area contributed by atoms with E-state index in [2.05, 4.69) is 0 Å². The van der Waals surface area contributed by atoms with Gasteiger partial charge in [-0.15, -0.1) is 0 Å². The van der Waals surface area contributed by atoms with Crippen molar-refractivity contribution in [3.8, 4) is 0 Å². The number of hydrogen-bond acceptors (Lipinski definition) is 2. The van der Waals surface area contributed by atoms with Crippen molar-refractivity contribution < 1.29 is 53.6 Å². The summed E-state index contributed by atoms with van der Waals surface area (Å²) >= 11 is 0. The third-order valence-electron chi connectivity index (χ3n) is 0.516. The quantitative estimate of drug-likeness (QED) is 0.300. The molecule has 14 heavy (non-hydrogen) atoms. The second kappa shape index (κ2) is 5.68. The van der Waals surface area contributed by atoms with E-state index in [9.17, 15) is 34.8 Å². The molecule has 0 aromatic heterocycles. The van der Waals surface area contributed by atoms with Crippen LogP contribution in [0.2, 0.25) is 0 Å². The third-order valence-corrected chi connectivity index (χ3v) is 1.55. The predicted octanol–water partition coefficient (Wildman–Crippen LogP) is -1.91. The molecule has 0 radical (unpaired) electrons. The van der Waals surface area contributed by atoms with E-state index in [0.29, 0.717) is 4.72 Å². The molecule has 0 aliphatic rings. The maximum atomic E-state index is 11.2. The number of halogens is 6. The summed E-state index contributed by atoms with van der Waals surface area (Å²) in [5.74, 6) is 0. The number of rotatable bonds is 1. The Balaban J connectivity index is -0.000000605. The Labute approximate surface area is 99.0 Å². The van der Waals surface area contributed by atoms with Crippen LogP contribution < -0.4 is 18.9 Å². The van der Waals surface area contributed by atoms with Crippen molar-refractivity contribution in [1.29, 1.82) is 0 Å². The predicted molar refractivity (Wildman–Crippen MR) is 31.5 cm³/mol. The molecule has 0 bridgehead atoms. The van der Waals surface area contributed by atoms with Crippen LogP contribution in [0, 0.1) is 0 Å². The number of sulfonamides is 1. The molecule has 12 heteroatoms. The van der Waals surface area contributed by atoms with Crippen molar-refractivity contribution in [2.75, 3.05) is 0 Å². The van der Waals surface area contributed by atoms with E-state index >= 15 is 0 Å². The summed E-state index contributed by atoms with van der Waals surface area (Å²) in [6.07, 6.45) is -5.74. The van der Waals surface area contributed by atoms with Gasteiger partial charge in [-0.25, -0.2) is 8.42 Å². The average Bonchev–Trinajstić information content (AvgIpc) is 1.52. The average molecular weight is 231 g/mol. The first-order valence-corrected chi connectivity index (χ1v) is 3.52. The molecule has 0 spiro atoms. The van der Waals surface area contributed by atoms with Crippen LogP contribution in [0.15, 0.2) is 0 Å². The number of alkyl halides is 6. The Kier molecular flexibility index (Phi) is 8.18. The van der Waals surface area contributed by atoms with Gasteiger partial charge in [-0.2, -0.15) is 26.3 Å². The summed E-state index contributed by atoms with van der Waals surface area (Å²) in [5, 5.41) is 0. The Bertz CT molecular complexity index is 256. The molecular formula is C2HF6Li2NO2S. The number of hydrogen-bond donors (Lipinski definition) is 0. The van der Waals surface area contributed by atoms with Gasteiger partial charge < -0.3 is 4.72 Å². The second-order valence-corrected chi connectivity index (χ2v) is 3.08. The van der Waals surface area contributed by atoms with Crippen LogP contribution in [0.25, 0.3) is 4.72 Å². The summed E-state index contributed by atoms with van der Waals surface area (Å²) in [4.78, 5) is 0. The van der Waals surface area contributed by atoms with Crippen molar-refractivity contribution in [2.45, 2.75) is 11.8 Å². The van der Waals surface area contributed by atoms with Gasteiger partial charge in [0.15, 0.2) is 10.0 Å². The van der Waals surface area contributed by atoms with E-state index in [0.717, 1.165) is 0 Å². The van der Waals surface area contributed by atoms with E-state index in [4.69, 9.17) is 0 Å². The van der Waals surface area contributed by atoms with Gasteiger partial charge >= 0.3 is 49.5 Å². The van der Waals surface area contributed by atoms with E-state index in [1.54, 1.807) is 0 Å². The molecule has 0 aliphatic carbocycles. The Morgan fingerprint density at radius 1 is 0.929 bits per heavy atom. The SMILES string of the molecule is O=S(=O)([N-]C(F)(F)F)C(F)(F)F.[Li+].[LiH]. The van der Waals surface area contributed by atoms with Gasteiger partial charge in [-0.1, -0.05) is 0 Å². The first-order chi connectivity index (χ1) is 4.96. The van der Waals surface area contributed by atoms with E-state index < -0.39 is 21.8 Å². The maximum absolute atomic E-state index is 11.2. The molecule has 0 atom stereocenters. The van der Waals surface area contributed by atoms with E-state index in [1.807, 2.05) is 0 Å². The molecule has 3 nitrogen and oxygen atoms in total. The van der Waals surface area contributed by atoms with Gasteiger partial charge in [0.05, 0.1) is 0 Å². The molecule has 0 rings (SSSR count). The van der Waals surface area contributed by atoms with Crippen molar-refractivity contribution in [1.82, 2.24) is 0 Å². The molecule has 0 aromatic rings. The molecule has 0 aromatic carbocycles. The van der Waals surface area contributed by atoms with Gasteiger partial charge in [-0.05, 0) is 0 Å². The van der Waals surface area contributed by atoms with Crippen LogP contribution in [0.3, 0.4) is 0 Å². The Hall–Kier alpha value is 0.685. The Morgan fingerprint density at radius 3 is 1.29 bits per heavy atom. The van der Waals surface area contributed by atoms with Crippen LogP contribution in [0.5, 0.6) is 0 Å². The standard InChI is InChI=1S/C2F6NO2S.2Li.H/c3-1(4,5)9-12(10,11)2(6,7)8;;;/q-1;;+1;. The molecule has 76 valence electrons. The third kappa shape index (κ3) is 7.04. The zero-order chi connectivity index (χ0) is 10.2. The normalized spacial score (nSPS) is 12.7. The van der Waals surface area contributed by atoms with Gasteiger partial charge in [0.25, 0.3) is 0 Å². The summed E-state index contributed by atoms with van der Waals surface area (Å²) in [6.45, 7) is 0. The van der Waals surface area contributed by atoms with Crippen LogP contribution in [0.4, 0.5) is 26.3 Å². The fourth-order valence-electron chi connectivity index (χ4n) is 0.188. The monoisotopic (exact) mass is 231 g/mol. The van der Waals surface area contributed by atoms with Crippen LogP contribution in [-0.2, 0) is 10.0 Å². The first-order valence-electron chi connectivity index (χ1n) is 2.08. The zero-order valence-corrected chi connectivity index (χ0v) is 6.76. The van der Waals surface area contributed by atoms with Gasteiger partial charge in [-0.3, -0.25) is 0 Å². The van der Waals surface area contributed by atoms with Crippen LogP contribution >= 0.6 is 0 Å². The molecule has 0 fully saturated rings. The van der Waals surface area contributed by atoms with Crippen molar-refractivity contribution in [2.24, 2.45) is 0 Å².